The maximum Gasteiger partial charge on any atom is 0.240 e. The summed E-state index contributed by atoms with van der Waals surface area (Å²) in [6.45, 7) is 0. The second-order valence-electron chi connectivity index (χ2n) is 3.80. The van der Waals surface area contributed by atoms with Crippen molar-refractivity contribution in [2.45, 2.75) is 32.1 Å². The van der Waals surface area contributed by atoms with Crippen molar-refractivity contribution in [2.75, 3.05) is 0 Å². The third-order valence-corrected chi connectivity index (χ3v) is 2.70. The first-order chi connectivity index (χ1) is 6.77. The first kappa shape index (κ1) is 9.30. The van der Waals surface area contributed by atoms with Gasteiger partial charge in [-0.15, -0.1) is 10.2 Å². The summed E-state index contributed by atoms with van der Waals surface area (Å²) in [5.41, 5.74) is 0. The molecule has 0 radical (unpaired) electrons. The molecule has 0 aliphatic heterocycles. The summed E-state index contributed by atoms with van der Waals surface area (Å²) in [5, 5.41) is 11.3. The summed E-state index contributed by atoms with van der Waals surface area (Å²) in [4.78, 5) is 13.2. The van der Waals surface area contributed by atoms with Crippen LogP contribution in [0, 0.1) is 5.92 Å². The van der Waals surface area contributed by atoms with Crippen LogP contribution < -0.4 is 0 Å². The molecule has 1 aliphatic rings. The zero-order valence-electron chi connectivity index (χ0n) is 8.31. The number of ketones is 1. The third-order valence-electron chi connectivity index (χ3n) is 2.70. The number of hydrogen-bond acceptors (Lipinski definition) is 4. The van der Waals surface area contributed by atoms with Crippen LogP contribution >= 0.6 is 0 Å². The average molecular weight is 194 g/mol. The number of tetrazole rings is 1. The van der Waals surface area contributed by atoms with Crippen LogP contribution in [-0.2, 0) is 7.05 Å². The molecular weight excluding hydrogens is 180 g/mol. The summed E-state index contributed by atoms with van der Waals surface area (Å²) in [7, 11) is 1.67. The Morgan fingerprint density at radius 3 is 2.64 bits per heavy atom. The molecule has 1 aromatic heterocycles. The van der Waals surface area contributed by atoms with Gasteiger partial charge in [-0.3, -0.25) is 4.79 Å². The highest BCUT2D eigenvalue weighted by Crippen LogP contribution is 2.25. The molecule has 0 atom stereocenters. The van der Waals surface area contributed by atoms with E-state index in [1.807, 2.05) is 0 Å². The van der Waals surface area contributed by atoms with E-state index < -0.39 is 0 Å². The van der Waals surface area contributed by atoms with Gasteiger partial charge in [-0.05, 0) is 18.1 Å². The molecule has 0 N–H and O–H groups in total. The predicted molar refractivity (Wildman–Crippen MR) is 49.7 cm³/mol. The van der Waals surface area contributed by atoms with Gasteiger partial charge in [0.15, 0.2) is 0 Å². The van der Waals surface area contributed by atoms with E-state index in [2.05, 4.69) is 15.4 Å². The highest BCUT2D eigenvalue weighted by Gasteiger charge is 2.25. The van der Waals surface area contributed by atoms with Crippen LogP contribution in [-0.4, -0.2) is 26.0 Å². The van der Waals surface area contributed by atoms with Gasteiger partial charge in [-0.25, -0.2) is 0 Å². The monoisotopic (exact) mass is 194 g/mol. The molecule has 0 unspecified atom stereocenters. The second-order valence-corrected chi connectivity index (χ2v) is 3.80. The lowest BCUT2D eigenvalue weighted by Crippen LogP contribution is -2.19. The third kappa shape index (κ3) is 1.81. The maximum atomic E-state index is 11.8. The molecule has 5 nitrogen and oxygen atoms in total. The first-order valence-electron chi connectivity index (χ1n) is 5.05. The number of aryl methyl sites for hydroxylation is 1. The van der Waals surface area contributed by atoms with E-state index >= 15 is 0 Å². The number of carbonyl (C=O) groups is 1. The van der Waals surface area contributed by atoms with E-state index in [0.29, 0.717) is 0 Å². The summed E-state index contributed by atoms with van der Waals surface area (Å²) in [6, 6.07) is 0. The number of hydrogen-bond donors (Lipinski definition) is 0. The Morgan fingerprint density at radius 1 is 1.36 bits per heavy atom. The topological polar surface area (TPSA) is 60.7 Å². The van der Waals surface area contributed by atoms with Crippen LogP contribution in [0.25, 0.3) is 0 Å². The Kier molecular flexibility index (Phi) is 2.56. The van der Waals surface area contributed by atoms with Crippen molar-refractivity contribution in [3.63, 3.8) is 0 Å². The van der Waals surface area contributed by atoms with Gasteiger partial charge < -0.3 is 0 Å². The molecule has 5 heteroatoms. The van der Waals surface area contributed by atoms with E-state index in [1.54, 1.807) is 7.05 Å². The van der Waals surface area contributed by atoms with E-state index in [-0.39, 0.29) is 17.5 Å². The molecule has 76 valence electrons. The molecule has 0 bridgehead atoms. The lowest BCUT2D eigenvalue weighted by molar-refractivity contribution is 0.0878. The standard InChI is InChI=1S/C9H14N4O/c1-13-11-9(10-12-13)8(14)7-5-3-2-4-6-7/h7H,2-6H2,1H3. The molecule has 0 aromatic carbocycles. The fourth-order valence-electron chi connectivity index (χ4n) is 1.93. The van der Waals surface area contributed by atoms with E-state index in [1.165, 1.54) is 11.2 Å². The smallest absolute Gasteiger partial charge is 0.240 e. The van der Waals surface area contributed by atoms with Crippen molar-refractivity contribution in [3.8, 4) is 0 Å². The van der Waals surface area contributed by atoms with Crippen LogP contribution in [0.3, 0.4) is 0 Å². The molecule has 1 heterocycles. The Bertz CT molecular complexity index is 327. The number of carbonyl (C=O) groups excluding carboxylic acids is 1. The molecule has 0 saturated heterocycles. The van der Waals surface area contributed by atoms with E-state index in [0.717, 1.165) is 25.7 Å². The lowest BCUT2D eigenvalue weighted by Gasteiger charge is -2.18. The molecule has 14 heavy (non-hydrogen) atoms. The molecular formula is C9H14N4O. The van der Waals surface area contributed by atoms with Gasteiger partial charge in [0.2, 0.25) is 11.6 Å². The van der Waals surface area contributed by atoms with Crippen LogP contribution in [0.4, 0.5) is 0 Å². The molecule has 1 saturated carbocycles. The van der Waals surface area contributed by atoms with E-state index in [9.17, 15) is 4.79 Å². The van der Waals surface area contributed by atoms with Crippen molar-refractivity contribution in [3.05, 3.63) is 5.82 Å². The minimum absolute atomic E-state index is 0.0674. The van der Waals surface area contributed by atoms with Gasteiger partial charge in [0.25, 0.3) is 0 Å². The Morgan fingerprint density at radius 2 is 2.07 bits per heavy atom. The van der Waals surface area contributed by atoms with Crippen molar-refractivity contribution in [2.24, 2.45) is 13.0 Å². The van der Waals surface area contributed by atoms with Gasteiger partial charge in [0, 0.05) is 5.92 Å². The van der Waals surface area contributed by atoms with Crippen molar-refractivity contribution >= 4 is 5.78 Å². The Hall–Kier alpha value is -1.26. The molecule has 0 spiro atoms. The van der Waals surface area contributed by atoms with Crippen molar-refractivity contribution in [1.82, 2.24) is 20.2 Å². The Labute approximate surface area is 82.5 Å². The highest BCUT2D eigenvalue weighted by atomic mass is 16.1. The minimum Gasteiger partial charge on any atom is -0.290 e. The van der Waals surface area contributed by atoms with Crippen LogP contribution in [0.1, 0.15) is 42.7 Å². The predicted octanol–water partition coefficient (Wildman–Crippen LogP) is 0.973. The maximum absolute atomic E-state index is 11.8. The second kappa shape index (κ2) is 3.86. The summed E-state index contributed by atoms with van der Waals surface area (Å²) in [5.74, 6) is 0.477. The van der Waals surface area contributed by atoms with Crippen LogP contribution in [0.2, 0.25) is 0 Å². The lowest BCUT2D eigenvalue weighted by atomic mass is 9.86. The van der Waals surface area contributed by atoms with Gasteiger partial charge in [-0.2, -0.15) is 4.80 Å². The fourth-order valence-corrected chi connectivity index (χ4v) is 1.93. The number of Topliss-reactive ketones (excluding diaryl/α,β-unsaturated/α-hetero) is 1. The largest absolute Gasteiger partial charge is 0.290 e. The normalized spacial score (nSPS) is 18.4. The molecule has 1 aliphatic carbocycles. The molecule has 1 aromatic rings. The highest BCUT2D eigenvalue weighted by molar-refractivity contribution is 5.94. The average Bonchev–Trinajstić information content (AvgIpc) is 2.65. The summed E-state index contributed by atoms with van der Waals surface area (Å²) < 4.78 is 0. The van der Waals surface area contributed by atoms with Gasteiger partial charge >= 0.3 is 0 Å². The quantitative estimate of drug-likeness (QED) is 0.658. The molecule has 0 amide bonds. The summed E-state index contributed by atoms with van der Waals surface area (Å²) >= 11 is 0. The van der Waals surface area contributed by atoms with Crippen LogP contribution in [0.15, 0.2) is 0 Å². The van der Waals surface area contributed by atoms with Crippen molar-refractivity contribution in [1.29, 1.82) is 0 Å². The summed E-state index contributed by atoms with van der Waals surface area (Å²) in [6.07, 6.45) is 5.51. The molecule has 1 fully saturated rings. The minimum atomic E-state index is 0.0674. The van der Waals surface area contributed by atoms with Crippen molar-refractivity contribution < 1.29 is 4.79 Å². The fraction of sp³-hybridized carbons (Fsp3) is 0.778. The number of nitrogens with zero attached hydrogens (tertiary/aromatic N) is 4. The van der Waals surface area contributed by atoms with Crippen LogP contribution in [0.5, 0.6) is 0 Å². The van der Waals surface area contributed by atoms with Gasteiger partial charge in [0.05, 0.1) is 7.05 Å². The van der Waals surface area contributed by atoms with Gasteiger partial charge in [-0.1, -0.05) is 19.3 Å². The SMILES string of the molecule is Cn1nnc(C(=O)C2CCCCC2)n1. The Balaban J connectivity index is 2.07. The van der Waals surface area contributed by atoms with E-state index in [4.69, 9.17) is 0 Å². The molecule has 2 rings (SSSR count). The number of aromatic nitrogens is 4. The van der Waals surface area contributed by atoms with Gasteiger partial charge in [0.1, 0.15) is 0 Å². The first-order valence-corrected chi connectivity index (χ1v) is 5.05. The number of rotatable bonds is 2. The zero-order valence-corrected chi connectivity index (χ0v) is 8.31. The zero-order chi connectivity index (χ0) is 9.97.